The van der Waals surface area contributed by atoms with Gasteiger partial charge in [0, 0.05) is 44.4 Å². The number of nitrogens with one attached hydrogen (secondary N) is 2. The molecule has 1 atom stereocenters. The lowest BCUT2D eigenvalue weighted by molar-refractivity contribution is 0.166. The lowest BCUT2D eigenvalue weighted by atomic mass is 10.1. The van der Waals surface area contributed by atoms with E-state index in [9.17, 15) is 0 Å². The Morgan fingerprint density at radius 1 is 1.35 bits per heavy atom. The largest absolute Gasteiger partial charge is 0.493 e. The molecule has 1 aliphatic rings. The van der Waals surface area contributed by atoms with E-state index in [-0.39, 0.29) is 24.0 Å². The highest BCUT2D eigenvalue weighted by Gasteiger charge is 2.17. The quantitative estimate of drug-likeness (QED) is 0.209. The molecule has 1 unspecified atom stereocenters. The summed E-state index contributed by atoms with van der Waals surface area (Å²) in [6.07, 6.45) is 7.10. The average Bonchev–Trinajstić information content (AvgIpc) is 3.40. The number of nitrogens with zero attached hydrogens (tertiary/aromatic N) is 3. The minimum Gasteiger partial charge on any atom is -0.493 e. The maximum Gasteiger partial charge on any atom is 0.191 e. The monoisotopic (exact) mass is 541 g/mol. The molecule has 3 rings (SSSR count). The lowest BCUT2D eigenvalue weighted by Gasteiger charge is -2.15. The zero-order valence-corrected chi connectivity index (χ0v) is 21.2. The number of aromatic nitrogens is 2. The Balaban J connectivity index is 0.00000341. The summed E-state index contributed by atoms with van der Waals surface area (Å²) < 4.78 is 13.4. The third-order valence-electron chi connectivity index (χ3n) is 5.17. The number of rotatable bonds is 10. The highest BCUT2D eigenvalue weighted by Crippen LogP contribution is 2.23. The molecule has 7 nitrogen and oxygen atoms in total. The Labute approximate surface area is 203 Å². The molecule has 1 fully saturated rings. The van der Waals surface area contributed by atoms with Crippen molar-refractivity contribution in [2.45, 2.75) is 39.7 Å². The molecule has 172 valence electrons. The van der Waals surface area contributed by atoms with Gasteiger partial charge in [0.1, 0.15) is 5.75 Å². The fourth-order valence-electron chi connectivity index (χ4n) is 3.46. The number of hydrogen-bond donors (Lipinski definition) is 2. The zero-order chi connectivity index (χ0) is 21.2. The van der Waals surface area contributed by atoms with Crippen molar-refractivity contribution in [3.8, 4) is 5.75 Å². The molecule has 0 radical (unpaired) electrons. The smallest absolute Gasteiger partial charge is 0.191 e. The molecule has 0 aliphatic carbocycles. The van der Waals surface area contributed by atoms with Crippen molar-refractivity contribution in [1.82, 2.24) is 20.4 Å². The number of ether oxygens (including phenoxy) is 2. The Bertz CT molecular complexity index is 818. The highest BCUT2D eigenvalue weighted by molar-refractivity contribution is 14.0. The SMILES string of the molecule is CCNC(=NCc1ccc(C)cc1OCC1CCOC1)NCCCc1cnn(C)c1.I. The molecule has 0 saturated carbocycles. The van der Waals surface area contributed by atoms with Gasteiger partial charge >= 0.3 is 0 Å². The molecule has 0 amide bonds. The van der Waals surface area contributed by atoms with Gasteiger partial charge in [-0.15, -0.1) is 24.0 Å². The minimum atomic E-state index is 0. The Hall–Kier alpha value is -1.81. The second-order valence-electron chi connectivity index (χ2n) is 7.90. The first kappa shape index (κ1) is 25.5. The molecule has 31 heavy (non-hydrogen) atoms. The van der Waals surface area contributed by atoms with Gasteiger partial charge in [0.15, 0.2) is 5.96 Å². The maximum absolute atomic E-state index is 6.15. The number of guanidine groups is 1. The first-order valence-corrected chi connectivity index (χ1v) is 10.9. The second kappa shape index (κ2) is 13.6. The van der Waals surface area contributed by atoms with Crippen molar-refractivity contribution >= 4 is 29.9 Å². The number of aliphatic imine (C=N–C) groups is 1. The van der Waals surface area contributed by atoms with Crippen molar-refractivity contribution in [3.63, 3.8) is 0 Å². The van der Waals surface area contributed by atoms with E-state index in [2.05, 4.69) is 54.0 Å². The second-order valence-corrected chi connectivity index (χ2v) is 7.90. The van der Waals surface area contributed by atoms with E-state index in [0.29, 0.717) is 19.1 Å². The summed E-state index contributed by atoms with van der Waals surface area (Å²) in [6, 6.07) is 6.34. The fraction of sp³-hybridized carbons (Fsp3) is 0.565. The van der Waals surface area contributed by atoms with Crippen LogP contribution in [0.5, 0.6) is 5.75 Å². The fourth-order valence-corrected chi connectivity index (χ4v) is 3.46. The number of benzene rings is 1. The van der Waals surface area contributed by atoms with Crippen molar-refractivity contribution in [1.29, 1.82) is 0 Å². The van der Waals surface area contributed by atoms with E-state index in [0.717, 1.165) is 62.8 Å². The third-order valence-corrected chi connectivity index (χ3v) is 5.17. The maximum atomic E-state index is 6.15. The summed E-state index contributed by atoms with van der Waals surface area (Å²) >= 11 is 0. The first-order chi connectivity index (χ1) is 14.6. The molecular weight excluding hydrogens is 505 g/mol. The van der Waals surface area contributed by atoms with Crippen LogP contribution >= 0.6 is 24.0 Å². The van der Waals surface area contributed by atoms with Crippen molar-refractivity contribution in [2.24, 2.45) is 18.0 Å². The van der Waals surface area contributed by atoms with E-state index in [4.69, 9.17) is 14.5 Å². The lowest BCUT2D eigenvalue weighted by Crippen LogP contribution is -2.37. The van der Waals surface area contributed by atoms with Crippen LogP contribution in [0.1, 0.15) is 36.5 Å². The van der Waals surface area contributed by atoms with Gasteiger partial charge in [-0.2, -0.15) is 5.10 Å². The van der Waals surface area contributed by atoms with Crippen LogP contribution in [0.25, 0.3) is 0 Å². The van der Waals surface area contributed by atoms with Gasteiger partial charge in [-0.1, -0.05) is 12.1 Å². The molecule has 8 heteroatoms. The molecule has 2 N–H and O–H groups in total. The van der Waals surface area contributed by atoms with E-state index in [1.165, 1.54) is 11.1 Å². The van der Waals surface area contributed by atoms with E-state index in [1.807, 2.05) is 17.9 Å². The van der Waals surface area contributed by atoms with Crippen molar-refractivity contribution < 1.29 is 9.47 Å². The van der Waals surface area contributed by atoms with Crippen LogP contribution < -0.4 is 15.4 Å². The highest BCUT2D eigenvalue weighted by atomic mass is 127. The summed E-state index contributed by atoms with van der Waals surface area (Å²) in [7, 11) is 1.95. The predicted molar refractivity (Wildman–Crippen MR) is 135 cm³/mol. The van der Waals surface area contributed by atoms with Gasteiger partial charge in [-0.3, -0.25) is 4.68 Å². The summed E-state index contributed by atoms with van der Waals surface area (Å²) in [5, 5.41) is 11.0. The average molecular weight is 541 g/mol. The van der Waals surface area contributed by atoms with Crippen LogP contribution in [0, 0.1) is 12.8 Å². The molecule has 1 saturated heterocycles. The normalized spacial score (nSPS) is 16.1. The number of hydrogen-bond acceptors (Lipinski definition) is 4. The van der Waals surface area contributed by atoms with E-state index < -0.39 is 0 Å². The van der Waals surface area contributed by atoms with Crippen LogP contribution in [-0.2, 0) is 24.8 Å². The molecule has 0 bridgehead atoms. The Kier molecular flexibility index (Phi) is 11.1. The van der Waals surface area contributed by atoms with Gasteiger partial charge < -0.3 is 20.1 Å². The van der Waals surface area contributed by atoms with Crippen LogP contribution in [0.4, 0.5) is 0 Å². The molecule has 1 aliphatic heterocycles. The van der Waals surface area contributed by atoms with Gasteiger partial charge in [-0.25, -0.2) is 4.99 Å². The third kappa shape index (κ3) is 8.68. The summed E-state index contributed by atoms with van der Waals surface area (Å²) in [5.74, 6) is 2.25. The molecule has 2 aromatic rings. The van der Waals surface area contributed by atoms with Gasteiger partial charge in [0.25, 0.3) is 0 Å². The van der Waals surface area contributed by atoms with Crippen molar-refractivity contribution in [3.05, 3.63) is 47.3 Å². The summed E-state index contributed by atoms with van der Waals surface area (Å²) in [5.41, 5.74) is 3.56. The van der Waals surface area contributed by atoms with Gasteiger partial charge in [0.2, 0.25) is 0 Å². The van der Waals surface area contributed by atoms with Crippen LogP contribution in [0.3, 0.4) is 0 Å². The minimum absolute atomic E-state index is 0. The first-order valence-electron chi connectivity index (χ1n) is 10.9. The Morgan fingerprint density at radius 2 is 2.23 bits per heavy atom. The molecular formula is C23H36IN5O2. The number of aryl methyl sites for hydroxylation is 3. The molecule has 1 aromatic heterocycles. The standard InChI is InChI=1S/C23H35N5O2.HI/c1-4-24-23(25-10-5-6-19-13-27-28(3)15-19)26-14-21-8-7-18(2)12-22(21)30-17-20-9-11-29-16-20;/h7-8,12-13,15,20H,4-6,9-11,14,16-17H2,1-3H3,(H2,24,25,26);1H. The predicted octanol–water partition coefficient (Wildman–Crippen LogP) is 3.45. The summed E-state index contributed by atoms with van der Waals surface area (Å²) in [6.45, 7) is 8.78. The van der Waals surface area contributed by atoms with Crippen LogP contribution in [0.15, 0.2) is 35.6 Å². The van der Waals surface area contributed by atoms with E-state index in [1.54, 1.807) is 0 Å². The Morgan fingerprint density at radius 3 is 2.94 bits per heavy atom. The van der Waals surface area contributed by atoms with Crippen LogP contribution in [-0.4, -0.2) is 48.7 Å². The van der Waals surface area contributed by atoms with Crippen molar-refractivity contribution in [2.75, 3.05) is 32.9 Å². The molecule has 2 heterocycles. The topological polar surface area (TPSA) is 72.7 Å². The number of halogens is 1. The molecule has 0 spiro atoms. The van der Waals surface area contributed by atoms with Gasteiger partial charge in [-0.05, 0) is 50.3 Å². The van der Waals surface area contributed by atoms with Crippen LogP contribution in [0.2, 0.25) is 0 Å². The van der Waals surface area contributed by atoms with E-state index >= 15 is 0 Å². The summed E-state index contributed by atoms with van der Waals surface area (Å²) in [4.78, 5) is 4.78. The van der Waals surface area contributed by atoms with Gasteiger partial charge in [0.05, 0.1) is 26.0 Å². The molecule has 1 aromatic carbocycles. The zero-order valence-electron chi connectivity index (χ0n) is 18.9.